The van der Waals surface area contributed by atoms with Crippen LogP contribution in [0, 0.1) is 5.92 Å². The number of likely N-dealkylation sites (tertiary alicyclic amines) is 1. The van der Waals surface area contributed by atoms with E-state index in [0.717, 1.165) is 55.7 Å². The SMILES string of the molecule is CN=C(NCc1cccc(CN2CCCC2=O)c1)NC1CCCC(C(=O)NC(C)C)C1.I. The van der Waals surface area contributed by atoms with Gasteiger partial charge in [-0.25, -0.2) is 0 Å². The van der Waals surface area contributed by atoms with E-state index in [1.54, 1.807) is 7.05 Å². The third kappa shape index (κ3) is 7.94. The Hall–Kier alpha value is -1.84. The second kappa shape index (κ2) is 13.0. The maximum atomic E-state index is 12.4. The average molecular weight is 556 g/mol. The molecule has 178 valence electrons. The van der Waals surface area contributed by atoms with E-state index in [4.69, 9.17) is 0 Å². The molecule has 1 saturated carbocycles. The number of rotatable bonds is 7. The number of carbonyl (C=O) groups is 2. The Morgan fingerprint density at radius 3 is 2.69 bits per heavy atom. The number of nitrogens with one attached hydrogen (secondary N) is 3. The Bertz CT molecular complexity index is 798. The van der Waals surface area contributed by atoms with Crippen molar-refractivity contribution in [3.63, 3.8) is 0 Å². The summed E-state index contributed by atoms with van der Waals surface area (Å²) in [4.78, 5) is 30.6. The second-order valence-electron chi connectivity index (χ2n) is 9.03. The van der Waals surface area contributed by atoms with Gasteiger partial charge in [-0.2, -0.15) is 0 Å². The number of hydrogen-bond acceptors (Lipinski definition) is 3. The molecular weight excluding hydrogens is 517 g/mol. The van der Waals surface area contributed by atoms with Crippen molar-refractivity contribution in [3.8, 4) is 0 Å². The number of guanidine groups is 1. The van der Waals surface area contributed by atoms with Gasteiger partial charge in [-0.15, -0.1) is 24.0 Å². The fourth-order valence-corrected chi connectivity index (χ4v) is 4.46. The lowest BCUT2D eigenvalue weighted by atomic mass is 9.85. The zero-order valence-electron chi connectivity index (χ0n) is 19.5. The molecule has 3 rings (SSSR count). The fraction of sp³-hybridized carbons (Fsp3) is 0.625. The molecule has 8 heteroatoms. The molecule has 1 aliphatic carbocycles. The highest BCUT2D eigenvalue weighted by Gasteiger charge is 2.28. The van der Waals surface area contributed by atoms with E-state index < -0.39 is 0 Å². The van der Waals surface area contributed by atoms with Crippen LogP contribution in [0.4, 0.5) is 0 Å². The molecule has 2 aliphatic rings. The first-order valence-electron chi connectivity index (χ1n) is 11.6. The van der Waals surface area contributed by atoms with Crippen LogP contribution < -0.4 is 16.0 Å². The van der Waals surface area contributed by atoms with Crippen molar-refractivity contribution in [3.05, 3.63) is 35.4 Å². The minimum atomic E-state index is 0. The van der Waals surface area contributed by atoms with Gasteiger partial charge in [0.1, 0.15) is 0 Å². The topological polar surface area (TPSA) is 85.8 Å². The van der Waals surface area contributed by atoms with Crippen LogP contribution in [0.5, 0.6) is 0 Å². The van der Waals surface area contributed by atoms with Crippen LogP contribution in [-0.4, -0.2) is 48.3 Å². The molecule has 0 aromatic heterocycles. The lowest BCUT2D eigenvalue weighted by molar-refractivity contribution is -0.128. The molecule has 0 bridgehead atoms. The second-order valence-corrected chi connectivity index (χ2v) is 9.03. The zero-order valence-corrected chi connectivity index (χ0v) is 21.9. The van der Waals surface area contributed by atoms with Crippen molar-refractivity contribution in [1.82, 2.24) is 20.9 Å². The summed E-state index contributed by atoms with van der Waals surface area (Å²) in [5.41, 5.74) is 2.31. The van der Waals surface area contributed by atoms with Gasteiger partial charge in [-0.1, -0.05) is 30.7 Å². The van der Waals surface area contributed by atoms with Crippen molar-refractivity contribution < 1.29 is 9.59 Å². The van der Waals surface area contributed by atoms with E-state index >= 15 is 0 Å². The summed E-state index contributed by atoms with van der Waals surface area (Å²) in [6.07, 6.45) is 5.51. The Morgan fingerprint density at radius 1 is 1.22 bits per heavy atom. The predicted molar refractivity (Wildman–Crippen MR) is 139 cm³/mol. The van der Waals surface area contributed by atoms with Crippen LogP contribution in [0.15, 0.2) is 29.3 Å². The summed E-state index contributed by atoms with van der Waals surface area (Å²) in [6.45, 7) is 6.20. The molecule has 1 aromatic rings. The molecule has 1 heterocycles. The molecule has 2 unspecified atom stereocenters. The molecule has 1 saturated heterocycles. The van der Waals surface area contributed by atoms with Crippen LogP contribution in [-0.2, 0) is 22.7 Å². The quantitative estimate of drug-likeness (QED) is 0.274. The Balaban J connectivity index is 0.00000363. The Labute approximate surface area is 209 Å². The Kier molecular flexibility index (Phi) is 10.7. The highest BCUT2D eigenvalue weighted by atomic mass is 127. The van der Waals surface area contributed by atoms with E-state index in [2.05, 4.69) is 39.1 Å². The first kappa shape index (κ1) is 26.4. The average Bonchev–Trinajstić information content (AvgIpc) is 3.15. The maximum Gasteiger partial charge on any atom is 0.223 e. The summed E-state index contributed by atoms with van der Waals surface area (Å²) in [5.74, 6) is 1.24. The van der Waals surface area contributed by atoms with Gasteiger partial charge >= 0.3 is 0 Å². The molecule has 32 heavy (non-hydrogen) atoms. The van der Waals surface area contributed by atoms with Gasteiger partial charge < -0.3 is 20.9 Å². The summed E-state index contributed by atoms with van der Waals surface area (Å²) < 4.78 is 0. The third-order valence-corrected chi connectivity index (χ3v) is 6.04. The first-order chi connectivity index (χ1) is 14.9. The summed E-state index contributed by atoms with van der Waals surface area (Å²) >= 11 is 0. The molecule has 3 N–H and O–H groups in total. The molecule has 2 atom stereocenters. The maximum absolute atomic E-state index is 12.4. The third-order valence-electron chi connectivity index (χ3n) is 6.04. The minimum absolute atomic E-state index is 0. The van der Waals surface area contributed by atoms with Gasteiger partial charge in [0, 0.05) is 51.1 Å². The highest BCUT2D eigenvalue weighted by molar-refractivity contribution is 14.0. The highest BCUT2D eigenvalue weighted by Crippen LogP contribution is 2.24. The van der Waals surface area contributed by atoms with E-state index in [-0.39, 0.29) is 53.8 Å². The van der Waals surface area contributed by atoms with E-state index in [9.17, 15) is 9.59 Å². The van der Waals surface area contributed by atoms with Crippen molar-refractivity contribution in [2.24, 2.45) is 10.9 Å². The van der Waals surface area contributed by atoms with Crippen molar-refractivity contribution in [2.45, 2.75) is 77.5 Å². The molecule has 0 radical (unpaired) electrons. The standard InChI is InChI=1S/C24H37N5O2.HI/c1-17(2)27-23(31)20-9-5-10-21(14-20)28-24(25-3)26-15-18-7-4-8-19(13-18)16-29-12-6-11-22(29)30;/h4,7-8,13,17,20-21H,5-6,9-12,14-16H2,1-3H3,(H,27,31)(H2,25,26,28);1H. The monoisotopic (exact) mass is 555 g/mol. The van der Waals surface area contributed by atoms with E-state index in [0.29, 0.717) is 19.5 Å². The smallest absolute Gasteiger partial charge is 0.223 e. The predicted octanol–water partition coefficient (Wildman–Crippen LogP) is 3.18. The van der Waals surface area contributed by atoms with Crippen molar-refractivity contribution in [2.75, 3.05) is 13.6 Å². The molecule has 2 amide bonds. The lowest BCUT2D eigenvalue weighted by Gasteiger charge is -2.30. The molecule has 0 spiro atoms. The van der Waals surface area contributed by atoms with Crippen LogP contribution in [0.3, 0.4) is 0 Å². The largest absolute Gasteiger partial charge is 0.354 e. The van der Waals surface area contributed by atoms with Gasteiger partial charge in [-0.3, -0.25) is 14.6 Å². The number of benzene rings is 1. The van der Waals surface area contributed by atoms with Gasteiger partial charge in [0.2, 0.25) is 11.8 Å². The fourth-order valence-electron chi connectivity index (χ4n) is 4.46. The van der Waals surface area contributed by atoms with Gasteiger partial charge in [0.15, 0.2) is 5.96 Å². The number of carbonyl (C=O) groups excluding carboxylic acids is 2. The van der Waals surface area contributed by atoms with Crippen LogP contribution in [0.25, 0.3) is 0 Å². The van der Waals surface area contributed by atoms with E-state index in [1.165, 1.54) is 0 Å². The Morgan fingerprint density at radius 2 is 2.00 bits per heavy atom. The van der Waals surface area contributed by atoms with Crippen LogP contribution in [0.2, 0.25) is 0 Å². The number of halogens is 1. The number of nitrogens with zero attached hydrogens (tertiary/aromatic N) is 2. The summed E-state index contributed by atoms with van der Waals surface area (Å²) in [7, 11) is 1.77. The van der Waals surface area contributed by atoms with Gasteiger partial charge in [-0.05, 0) is 50.7 Å². The molecule has 7 nitrogen and oxygen atoms in total. The summed E-state index contributed by atoms with van der Waals surface area (Å²) in [5, 5.41) is 9.94. The van der Waals surface area contributed by atoms with Crippen LogP contribution in [0.1, 0.15) is 63.5 Å². The molecule has 1 aromatic carbocycles. The number of hydrogen-bond donors (Lipinski definition) is 3. The first-order valence-corrected chi connectivity index (χ1v) is 11.6. The van der Waals surface area contributed by atoms with Crippen molar-refractivity contribution in [1.29, 1.82) is 0 Å². The molecule has 2 fully saturated rings. The molecular formula is C24H38IN5O2. The number of aliphatic imine (C=N–C) groups is 1. The van der Waals surface area contributed by atoms with Crippen LogP contribution >= 0.6 is 24.0 Å². The molecule has 1 aliphatic heterocycles. The number of amides is 2. The minimum Gasteiger partial charge on any atom is -0.354 e. The van der Waals surface area contributed by atoms with Gasteiger partial charge in [0.05, 0.1) is 0 Å². The summed E-state index contributed by atoms with van der Waals surface area (Å²) in [6, 6.07) is 8.78. The normalized spacial score (nSPS) is 21.3. The van der Waals surface area contributed by atoms with Crippen molar-refractivity contribution >= 4 is 41.8 Å². The lowest BCUT2D eigenvalue weighted by Crippen LogP contribution is -2.47. The zero-order chi connectivity index (χ0) is 22.2. The van der Waals surface area contributed by atoms with Gasteiger partial charge in [0.25, 0.3) is 0 Å². The van der Waals surface area contributed by atoms with E-state index in [1.807, 2.05) is 24.8 Å².